The highest BCUT2D eigenvalue weighted by Crippen LogP contribution is 2.46. The first-order valence-corrected chi connectivity index (χ1v) is 11.9. The Morgan fingerprint density at radius 2 is 1.70 bits per heavy atom. The van der Waals surface area contributed by atoms with Crippen LogP contribution in [-0.4, -0.2) is 42.2 Å². The van der Waals surface area contributed by atoms with Gasteiger partial charge in [-0.05, 0) is 49.9 Å². The van der Waals surface area contributed by atoms with Gasteiger partial charge in [-0.1, -0.05) is 24.6 Å². The fraction of sp³-hybridized carbons (Fsp3) is 0.462. The summed E-state index contributed by atoms with van der Waals surface area (Å²) in [5.74, 6) is 1.41. The maximum atomic E-state index is 12.8. The molecule has 0 atom stereocenters. The van der Waals surface area contributed by atoms with Gasteiger partial charge >= 0.3 is 0 Å². The number of amides is 2. The van der Waals surface area contributed by atoms with Crippen LogP contribution in [0.25, 0.3) is 0 Å². The summed E-state index contributed by atoms with van der Waals surface area (Å²) in [5, 5.41) is 3.02. The standard InChI is InChI=1S/C26H30N2O5/c29-24(18-31-21-7-3-1-4-8-21)28-15-11-19(12-16-28)25(30)27-20-9-10-22-23(17-20)33-26(32-22)13-5-2-6-14-26/h1,3-4,7-10,17,19H,2,5-6,11-16,18H2,(H,27,30). The number of piperidine rings is 1. The minimum absolute atomic E-state index is 0.0135. The van der Waals surface area contributed by atoms with Gasteiger partial charge in [0.2, 0.25) is 5.91 Å². The van der Waals surface area contributed by atoms with E-state index in [1.54, 1.807) is 4.90 Å². The number of anilines is 1. The van der Waals surface area contributed by atoms with Crippen molar-refractivity contribution in [1.29, 1.82) is 0 Å². The molecular formula is C26H30N2O5. The van der Waals surface area contributed by atoms with Crippen LogP contribution < -0.4 is 19.5 Å². The van der Waals surface area contributed by atoms with Crippen molar-refractivity contribution in [3.8, 4) is 17.2 Å². The molecule has 33 heavy (non-hydrogen) atoms. The number of hydrogen-bond donors (Lipinski definition) is 1. The summed E-state index contributed by atoms with van der Waals surface area (Å²) in [6.45, 7) is 1.12. The number of hydrogen-bond acceptors (Lipinski definition) is 5. The lowest BCUT2D eigenvalue weighted by atomic mass is 9.94. The maximum absolute atomic E-state index is 12.8. The second kappa shape index (κ2) is 9.33. The first kappa shape index (κ1) is 21.6. The van der Waals surface area contributed by atoms with Crippen molar-refractivity contribution in [3.05, 3.63) is 48.5 Å². The Kier molecular flexibility index (Phi) is 6.11. The summed E-state index contributed by atoms with van der Waals surface area (Å²) in [6, 6.07) is 14.9. The quantitative estimate of drug-likeness (QED) is 0.732. The lowest BCUT2D eigenvalue weighted by molar-refractivity contribution is -0.136. The van der Waals surface area contributed by atoms with Crippen LogP contribution in [0.2, 0.25) is 0 Å². The summed E-state index contributed by atoms with van der Waals surface area (Å²) in [7, 11) is 0. The molecule has 2 aliphatic heterocycles. The summed E-state index contributed by atoms with van der Waals surface area (Å²) < 4.78 is 17.8. The van der Waals surface area contributed by atoms with E-state index < -0.39 is 5.79 Å². The van der Waals surface area contributed by atoms with Crippen LogP contribution in [0.15, 0.2) is 48.5 Å². The van der Waals surface area contributed by atoms with E-state index in [2.05, 4.69) is 5.32 Å². The van der Waals surface area contributed by atoms with Crippen LogP contribution in [0.3, 0.4) is 0 Å². The molecule has 2 aromatic carbocycles. The fourth-order valence-corrected chi connectivity index (χ4v) is 4.85. The zero-order chi connectivity index (χ0) is 22.7. The second-order valence-corrected chi connectivity index (χ2v) is 9.08. The van der Waals surface area contributed by atoms with Crippen LogP contribution in [0, 0.1) is 5.92 Å². The summed E-state index contributed by atoms with van der Waals surface area (Å²) >= 11 is 0. The minimum Gasteiger partial charge on any atom is -0.484 e. The van der Waals surface area contributed by atoms with E-state index in [4.69, 9.17) is 14.2 Å². The Bertz CT molecular complexity index is 995. The van der Waals surface area contributed by atoms with E-state index in [0.717, 1.165) is 31.4 Å². The van der Waals surface area contributed by atoms with Crippen molar-refractivity contribution in [1.82, 2.24) is 4.90 Å². The van der Waals surface area contributed by atoms with E-state index in [9.17, 15) is 9.59 Å². The van der Waals surface area contributed by atoms with Gasteiger partial charge in [-0.3, -0.25) is 9.59 Å². The number of nitrogens with one attached hydrogen (secondary N) is 1. The van der Waals surface area contributed by atoms with Crippen molar-refractivity contribution in [2.75, 3.05) is 25.0 Å². The maximum Gasteiger partial charge on any atom is 0.260 e. The highest BCUT2D eigenvalue weighted by Gasteiger charge is 2.42. The van der Waals surface area contributed by atoms with Crippen molar-refractivity contribution in [3.63, 3.8) is 0 Å². The van der Waals surface area contributed by atoms with E-state index >= 15 is 0 Å². The Labute approximate surface area is 194 Å². The molecule has 0 radical (unpaired) electrons. The molecule has 5 rings (SSSR count). The van der Waals surface area contributed by atoms with E-state index in [-0.39, 0.29) is 24.3 Å². The number of benzene rings is 2. The van der Waals surface area contributed by atoms with Crippen LogP contribution in [0.5, 0.6) is 17.2 Å². The lowest BCUT2D eigenvalue weighted by Crippen LogP contribution is -2.43. The number of rotatable bonds is 5. The van der Waals surface area contributed by atoms with Gasteiger partial charge in [0, 0.05) is 43.6 Å². The number of fused-ring (bicyclic) bond motifs is 1. The van der Waals surface area contributed by atoms with Crippen LogP contribution in [0.4, 0.5) is 5.69 Å². The predicted octanol–water partition coefficient (Wildman–Crippen LogP) is 4.37. The average molecular weight is 451 g/mol. The highest BCUT2D eigenvalue weighted by molar-refractivity contribution is 5.93. The molecule has 0 unspecified atom stereocenters. The highest BCUT2D eigenvalue weighted by atomic mass is 16.7. The zero-order valence-corrected chi connectivity index (χ0v) is 18.8. The molecule has 1 aliphatic carbocycles. The van der Waals surface area contributed by atoms with Gasteiger partial charge in [0.25, 0.3) is 11.7 Å². The van der Waals surface area contributed by atoms with E-state index in [1.165, 1.54) is 6.42 Å². The molecular weight excluding hydrogens is 420 g/mol. The number of likely N-dealkylation sites (tertiary alicyclic amines) is 1. The molecule has 174 valence electrons. The Morgan fingerprint density at radius 3 is 2.45 bits per heavy atom. The van der Waals surface area contributed by atoms with E-state index in [1.807, 2.05) is 48.5 Å². The fourth-order valence-electron chi connectivity index (χ4n) is 4.85. The number of ether oxygens (including phenoxy) is 3. The first-order valence-electron chi connectivity index (χ1n) is 11.9. The zero-order valence-electron chi connectivity index (χ0n) is 18.8. The van der Waals surface area contributed by atoms with Gasteiger partial charge in [-0.15, -0.1) is 0 Å². The summed E-state index contributed by atoms with van der Waals surface area (Å²) in [4.78, 5) is 27.1. The van der Waals surface area contributed by atoms with Gasteiger partial charge in [0.1, 0.15) is 5.75 Å². The molecule has 2 fully saturated rings. The number of carbonyl (C=O) groups is 2. The monoisotopic (exact) mass is 450 g/mol. The van der Waals surface area contributed by atoms with E-state index in [0.29, 0.717) is 43.1 Å². The SMILES string of the molecule is O=C(Nc1ccc2c(c1)OC1(CCCCC1)O2)C1CCN(C(=O)COc2ccccc2)CC1. The first-order chi connectivity index (χ1) is 16.1. The molecule has 0 aromatic heterocycles. The van der Waals surface area contributed by atoms with Gasteiger partial charge in [-0.25, -0.2) is 0 Å². The lowest BCUT2D eigenvalue weighted by Gasteiger charge is -2.31. The van der Waals surface area contributed by atoms with Crippen LogP contribution >= 0.6 is 0 Å². The molecule has 1 spiro atoms. The third-order valence-corrected chi connectivity index (χ3v) is 6.74. The van der Waals surface area contributed by atoms with Crippen molar-refractivity contribution < 1.29 is 23.8 Å². The van der Waals surface area contributed by atoms with Crippen molar-refractivity contribution in [2.24, 2.45) is 5.92 Å². The molecule has 1 saturated carbocycles. The molecule has 1 N–H and O–H groups in total. The summed E-state index contributed by atoms with van der Waals surface area (Å²) in [5.41, 5.74) is 0.713. The minimum atomic E-state index is -0.521. The van der Waals surface area contributed by atoms with Crippen LogP contribution in [-0.2, 0) is 9.59 Å². The van der Waals surface area contributed by atoms with Crippen molar-refractivity contribution >= 4 is 17.5 Å². The van der Waals surface area contributed by atoms with Gasteiger partial charge in [0.15, 0.2) is 18.1 Å². The third kappa shape index (κ3) is 4.92. The Hall–Kier alpha value is -3.22. The van der Waals surface area contributed by atoms with Gasteiger partial charge in [0.05, 0.1) is 0 Å². The Balaban J connectivity index is 1.10. The van der Waals surface area contributed by atoms with Gasteiger partial charge < -0.3 is 24.4 Å². The third-order valence-electron chi connectivity index (χ3n) is 6.74. The number of nitrogens with zero attached hydrogens (tertiary/aromatic N) is 1. The largest absolute Gasteiger partial charge is 0.484 e. The molecule has 0 bridgehead atoms. The topological polar surface area (TPSA) is 77.1 Å². The summed E-state index contributed by atoms with van der Waals surface area (Å²) in [6.07, 6.45) is 6.51. The van der Waals surface area contributed by atoms with Crippen LogP contribution in [0.1, 0.15) is 44.9 Å². The second-order valence-electron chi connectivity index (χ2n) is 9.08. The molecule has 2 amide bonds. The van der Waals surface area contributed by atoms with Gasteiger partial charge in [-0.2, -0.15) is 0 Å². The van der Waals surface area contributed by atoms with Crippen molar-refractivity contribution in [2.45, 2.75) is 50.7 Å². The Morgan fingerprint density at radius 1 is 0.970 bits per heavy atom. The molecule has 7 heteroatoms. The molecule has 3 aliphatic rings. The number of carbonyl (C=O) groups excluding carboxylic acids is 2. The number of para-hydroxylation sites is 1. The smallest absolute Gasteiger partial charge is 0.260 e. The predicted molar refractivity (Wildman–Crippen MR) is 123 cm³/mol. The average Bonchev–Trinajstić information content (AvgIpc) is 3.20. The molecule has 1 saturated heterocycles. The molecule has 7 nitrogen and oxygen atoms in total. The normalized spacial score (nSPS) is 19.3. The molecule has 2 aromatic rings. The molecule has 2 heterocycles.